The molecule has 0 aromatic carbocycles. The van der Waals surface area contributed by atoms with E-state index in [0.717, 1.165) is 0 Å². The van der Waals surface area contributed by atoms with Gasteiger partial charge >= 0.3 is 17.9 Å². The van der Waals surface area contributed by atoms with Gasteiger partial charge in [-0.15, -0.1) is 6.58 Å². The third kappa shape index (κ3) is 16.0. The molecule has 0 unspecified atom stereocenters. The lowest BCUT2D eigenvalue weighted by molar-refractivity contribution is -0.172. The van der Waals surface area contributed by atoms with Crippen LogP contribution in [0.1, 0.15) is 34.6 Å². The normalized spacial score (nSPS) is 12.1. The largest absolute Gasteiger partial charge is 0.464 e. The maximum atomic E-state index is 12.7. The number of carbonyl (C=O) groups excluding carboxylic acids is 3. The summed E-state index contributed by atoms with van der Waals surface area (Å²) in [6.07, 6.45) is 1.67. The van der Waals surface area contributed by atoms with Gasteiger partial charge in [0, 0.05) is 10.6 Å². The minimum atomic E-state index is -1.47. The second kappa shape index (κ2) is 17.6. The van der Waals surface area contributed by atoms with E-state index in [-0.39, 0.29) is 13.2 Å². The molecule has 12 heteroatoms. The van der Waals surface area contributed by atoms with Crippen LogP contribution in [0.4, 0.5) is 0 Å². The molecule has 202 valence electrons. The Morgan fingerprint density at radius 2 is 0.972 bits per heavy atom. The molecule has 0 spiro atoms. The van der Waals surface area contributed by atoms with Crippen LogP contribution < -0.4 is 0 Å². The molecule has 0 heterocycles. The topological polar surface area (TPSA) is 116 Å². The molecule has 0 saturated heterocycles. The lowest BCUT2D eigenvalue weighted by Crippen LogP contribution is -2.42. The molecule has 0 aromatic rings. The summed E-state index contributed by atoms with van der Waals surface area (Å²) >= 11 is 0. The number of rotatable bonds is 21. The van der Waals surface area contributed by atoms with Gasteiger partial charge in [0.1, 0.15) is 25.2 Å². The van der Waals surface area contributed by atoms with Gasteiger partial charge in [-0.2, -0.15) is 0 Å². The summed E-state index contributed by atoms with van der Waals surface area (Å²) < 4.78 is 36.9. The van der Waals surface area contributed by atoms with E-state index in [1.54, 1.807) is 6.08 Å². The Morgan fingerprint density at radius 1 is 0.611 bits per heavy atom. The van der Waals surface area contributed by atoms with Crippen molar-refractivity contribution in [2.75, 3.05) is 72.7 Å². The molecule has 0 amide bonds. The summed E-state index contributed by atoms with van der Waals surface area (Å²) in [6.45, 7) is 13.1. The van der Waals surface area contributed by atoms with E-state index in [2.05, 4.69) is 6.58 Å². The molecular weight excluding hydrogens is 470 g/mol. The van der Waals surface area contributed by atoms with Crippen molar-refractivity contribution in [1.29, 1.82) is 0 Å². The summed E-state index contributed by atoms with van der Waals surface area (Å²) in [5.41, 5.74) is -1.47. The van der Waals surface area contributed by atoms with Crippen LogP contribution in [0.15, 0.2) is 12.7 Å². The number of carbonyl (C=O) groups is 3. The van der Waals surface area contributed by atoms with Gasteiger partial charge < -0.3 is 33.2 Å². The molecule has 0 bridgehead atoms. The smallest absolute Gasteiger partial charge is 0.318 e. The Kier molecular flexibility index (Phi) is 16.6. The van der Waals surface area contributed by atoms with Gasteiger partial charge in [0.2, 0.25) is 0 Å². The zero-order valence-electron chi connectivity index (χ0n) is 22.3. The average Bonchev–Trinajstić information content (AvgIpc) is 2.79. The predicted octanol–water partition coefficient (Wildman–Crippen LogP) is 1.61. The number of hydrogen-bond donors (Lipinski definition) is 0. The van der Waals surface area contributed by atoms with E-state index >= 15 is 0 Å². The summed E-state index contributed by atoms with van der Waals surface area (Å²) in [7, 11) is 11.4. The molecule has 0 rings (SSSR count). The molecule has 36 heavy (non-hydrogen) atoms. The third-order valence-corrected chi connectivity index (χ3v) is 4.40. The summed E-state index contributed by atoms with van der Waals surface area (Å²) in [4.78, 5) is 36.8. The Balaban J connectivity index is 4.36. The average molecular weight is 510 g/mol. The first-order chi connectivity index (χ1) is 16.7. The molecular formula is C24H40B2O10. The lowest BCUT2D eigenvalue weighted by atomic mass is 9.72. The molecule has 0 aliphatic carbocycles. The zero-order chi connectivity index (χ0) is 27.7. The van der Waals surface area contributed by atoms with Crippen molar-refractivity contribution in [1.82, 2.24) is 0 Å². The zero-order valence-corrected chi connectivity index (χ0v) is 22.3. The maximum absolute atomic E-state index is 12.7. The van der Waals surface area contributed by atoms with Gasteiger partial charge in [-0.1, -0.05) is 33.8 Å². The van der Waals surface area contributed by atoms with Gasteiger partial charge in [-0.25, -0.2) is 0 Å². The maximum Gasteiger partial charge on any atom is 0.318 e. The van der Waals surface area contributed by atoms with Crippen molar-refractivity contribution in [2.24, 2.45) is 5.41 Å². The minimum Gasteiger partial charge on any atom is -0.464 e. The Hall–Kier alpha value is -1.88. The molecule has 0 atom stereocenters. The molecule has 0 fully saturated rings. The van der Waals surface area contributed by atoms with Crippen LogP contribution in [0.2, 0.25) is 10.6 Å². The van der Waals surface area contributed by atoms with Crippen molar-refractivity contribution in [3.05, 3.63) is 12.7 Å². The van der Waals surface area contributed by atoms with Crippen molar-refractivity contribution < 1.29 is 47.5 Å². The highest BCUT2D eigenvalue weighted by atomic mass is 16.6. The predicted molar refractivity (Wildman–Crippen MR) is 134 cm³/mol. The van der Waals surface area contributed by atoms with E-state index < -0.39 is 47.2 Å². The highest BCUT2D eigenvalue weighted by molar-refractivity contribution is 6.26. The summed E-state index contributed by atoms with van der Waals surface area (Å²) in [6, 6.07) is 0. The third-order valence-electron chi connectivity index (χ3n) is 4.40. The molecule has 4 radical (unpaired) electrons. The fourth-order valence-corrected chi connectivity index (χ4v) is 2.18. The minimum absolute atomic E-state index is 0.0606. The van der Waals surface area contributed by atoms with Crippen LogP contribution in [-0.2, 0) is 47.5 Å². The van der Waals surface area contributed by atoms with Crippen molar-refractivity contribution in [3.63, 3.8) is 0 Å². The first-order valence-corrected chi connectivity index (χ1v) is 11.8. The molecule has 10 nitrogen and oxygen atoms in total. The molecule has 0 aromatic heterocycles. The second-order valence-electron chi connectivity index (χ2n) is 9.49. The van der Waals surface area contributed by atoms with Gasteiger partial charge in [0.25, 0.3) is 0 Å². The van der Waals surface area contributed by atoms with E-state index in [4.69, 9.17) is 48.9 Å². The van der Waals surface area contributed by atoms with Gasteiger partial charge in [-0.05, 0) is 6.92 Å². The van der Waals surface area contributed by atoms with Crippen LogP contribution >= 0.6 is 0 Å². The standard InChI is InChI=1S/C24H40B2O10/c1-7-8-30-9-10-31-11-12-32-13-14-33-15-16-34-21(29)24(6,17-35-19(27)22(2,3)25)18-36-20(28)23(4,5)26/h7H,1,8-18H2,2-6H3. The quantitative estimate of drug-likeness (QED) is 0.0742. The first kappa shape index (κ1) is 34.1. The fraction of sp³-hybridized carbons (Fsp3) is 0.792. The molecule has 0 saturated carbocycles. The van der Waals surface area contributed by atoms with Crippen LogP contribution in [0.25, 0.3) is 0 Å². The Bertz CT molecular complexity index is 641. The number of ether oxygens (including phenoxy) is 7. The monoisotopic (exact) mass is 510 g/mol. The summed E-state index contributed by atoms with van der Waals surface area (Å²) in [5, 5.41) is -2.52. The lowest BCUT2D eigenvalue weighted by Gasteiger charge is -2.29. The first-order valence-electron chi connectivity index (χ1n) is 11.8. The van der Waals surface area contributed by atoms with E-state index in [1.807, 2.05) is 0 Å². The second-order valence-corrected chi connectivity index (χ2v) is 9.49. The molecule has 0 aliphatic heterocycles. The SMILES string of the molecule is [B]C(C)(C)C(=O)OCC(C)(COC(=O)C([B])(C)C)C(=O)OCCOCCOCCOCCOCC=C. The van der Waals surface area contributed by atoms with Crippen LogP contribution in [0.3, 0.4) is 0 Å². The van der Waals surface area contributed by atoms with E-state index in [1.165, 1.54) is 34.6 Å². The Morgan fingerprint density at radius 3 is 1.33 bits per heavy atom. The number of esters is 3. The van der Waals surface area contributed by atoms with Crippen LogP contribution in [0, 0.1) is 5.41 Å². The van der Waals surface area contributed by atoms with Gasteiger partial charge in [-0.3, -0.25) is 14.4 Å². The fourth-order valence-electron chi connectivity index (χ4n) is 2.18. The molecule has 0 N–H and O–H groups in total. The van der Waals surface area contributed by atoms with Crippen LogP contribution in [-0.4, -0.2) is 106 Å². The van der Waals surface area contributed by atoms with Gasteiger partial charge in [0.15, 0.2) is 0 Å². The van der Waals surface area contributed by atoms with E-state index in [0.29, 0.717) is 46.2 Å². The number of hydrogen-bond acceptors (Lipinski definition) is 10. The van der Waals surface area contributed by atoms with Crippen LogP contribution in [0.5, 0.6) is 0 Å². The molecule has 0 aliphatic rings. The van der Waals surface area contributed by atoms with Crippen molar-refractivity contribution >= 4 is 33.6 Å². The van der Waals surface area contributed by atoms with Crippen molar-refractivity contribution in [2.45, 2.75) is 45.2 Å². The summed E-state index contributed by atoms with van der Waals surface area (Å²) in [5.74, 6) is -2.18. The Labute approximate surface area is 217 Å². The van der Waals surface area contributed by atoms with E-state index in [9.17, 15) is 14.4 Å². The highest BCUT2D eigenvalue weighted by Gasteiger charge is 2.40. The van der Waals surface area contributed by atoms with Gasteiger partial charge in [0.05, 0.1) is 68.5 Å². The van der Waals surface area contributed by atoms with Crippen molar-refractivity contribution in [3.8, 4) is 0 Å². The highest BCUT2D eigenvalue weighted by Crippen LogP contribution is 2.27.